The fraction of sp³-hybridized carbons (Fsp3) is 0.111. The van der Waals surface area contributed by atoms with Gasteiger partial charge in [-0.1, -0.05) is 24.3 Å². The lowest BCUT2D eigenvalue weighted by Gasteiger charge is -2.12. The Morgan fingerprint density at radius 2 is 1.70 bits per heavy atom. The molecule has 0 radical (unpaired) electrons. The van der Waals surface area contributed by atoms with Crippen LogP contribution in [0.5, 0.6) is 5.75 Å². The third kappa shape index (κ3) is 4.52. The van der Waals surface area contributed by atoms with E-state index in [0.29, 0.717) is 6.54 Å². The van der Waals surface area contributed by atoms with Crippen LogP contribution in [0.1, 0.15) is 5.56 Å². The molecule has 0 unspecified atom stereocenters. The van der Waals surface area contributed by atoms with Crippen molar-refractivity contribution in [1.29, 1.82) is 10.5 Å². The van der Waals surface area contributed by atoms with E-state index in [2.05, 4.69) is 10.6 Å². The lowest BCUT2D eigenvalue weighted by atomic mass is 10.2. The Hall–Kier alpha value is -3.44. The van der Waals surface area contributed by atoms with E-state index in [1.807, 2.05) is 60.7 Å². The number of nitrogens with zero attached hydrogens (tertiary/aromatic N) is 2. The van der Waals surface area contributed by atoms with Crippen molar-refractivity contribution in [3.05, 3.63) is 65.9 Å². The highest BCUT2D eigenvalue weighted by molar-refractivity contribution is 5.70. The highest BCUT2D eigenvalue weighted by Crippen LogP contribution is 2.22. The number of methoxy groups -OCH3 is 1. The molecule has 2 aromatic carbocycles. The molecule has 0 aliphatic heterocycles. The number of rotatable bonds is 6. The summed E-state index contributed by atoms with van der Waals surface area (Å²) in [6, 6.07) is 19.0. The van der Waals surface area contributed by atoms with Crippen molar-refractivity contribution in [2.75, 3.05) is 17.7 Å². The number of ether oxygens (including phenoxy) is 1. The second-order valence-corrected chi connectivity index (χ2v) is 4.67. The lowest BCUT2D eigenvalue weighted by molar-refractivity contribution is 0.414. The average molecular weight is 304 g/mol. The first-order chi connectivity index (χ1) is 11.3. The maximum Gasteiger partial charge on any atom is 0.145 e. The molecule has 0 saturated heterocycles. The number of benzene rings is 2. The van der Waals surface area contributed by atoms with Crippen LogP contribution in [0.15, 0.2) is 60.3 Å². The van der Waals surface area contributed by atoms with Crippen LogP contribution < -0.4 is 15.4 Å². The number of nitriles is 2. The molecular formula is C18H16N4O. The minimum atomic E-state index is 0.0231. The summed E-state index contributed by atoms with van der Waals surface area (Å²) in [7, 11) is 1.64. The van der Waals surface area contributed by atoms with Gasteiger partial charge in [-0.3, -0.25) is 0 Å². The standard InChI is InChI=1S/C18H16N4O/c1-23-16-8-6-14(7-9-16)12-21-17-4-2-3-5-18(17)22-13-15(10-19)11-20/h2-9,13,21-22H,12H2,1H3. The Balaban J connectivity index is 2.07. The molecule has 0 aliphatic rings. The van der Waals surface area contributed by atoms with Gasteiger partial charge in [0.05, 0.1) is 18.5 Å². The largest absolute Gasteiger partial charge is 0.497 e. The van der Waals surface area contributed by atoms with Crippen LogP contribution in [0, 0.1) is 22.7 Å². The summed E-state index contributed by atoms with van der Waals surface area (Å²) in [5, 5.41) is 23.8. The molecule has 2 N–H and O–H groups in total. The Morgan fingerprint density at radius 1 is 1.04 bits per heavy atom. The number of hydrogen-bond acceptors (Lipinski definition) is 5. The third-order valence-corrected chi connectivity index (χ3v) is 3.18. The van der Waals surface area contributed by atoms with Crippen LogP contribution in [0.3, 0.4) is 0 Å². The zero-order valence-electron chi connectivity index (χ0n) is 12.7. The summed E-state index contributed by atoms with van der Waals surface area (Å²) in [5.41, 5.74) is 2.82. The molecule has 0 aromatic heterocycles. The van der Waals surface area contributed by atoms with Crippen LogP contribution >= 0.6 is 0 Å². The Morgan fingerprint density at radius 3 is 2.30 bits per heavy atom. The number of para-hydroxylation sites is 2. The fourth-order valence-corrected chi connectivity index (χ4v) is 1.94. The van der Waals surface area contributed by atoms with Gasteiger partial charge < -0.3 is 15.4 Å². The molecular weight excluding hydrogens is 288 g/mol. The summed E-state index contributed by atoms with van der Waals surface area (Å²) >= 11 is 0. The van der Waals surface area contributed by atoms with Crippen molar-refractivity contribution >= 4 is 11.4 Å². The van der Waals surface area contributed by atoms with Gasteiger partial charge in [-0.15, -0.1) is 0 Å². The molecule has 0 fully saturated rings. The highest BCUT2D eigenvalue weighted by Gasteiger charge is 2.01. The Bertz CT molecular complexity index is 751. The molecule has 0 amide bonds. The van der Waals surface area contributed by atoms with E-state index in [9.17, 15) is 0 Å². The second-order valence-electron chi connectivity index (χ2n) is 4.67. The lowest BCUT2D eigenvalue weighted by Crippen LogP contribution is -2.02. The molecule has 2 aromatic rings. The Kier molecular flexibility index (Phi) is 5.62. The third-order valence-electron chi connectivity index (χ3n) is 3.18. The molecule has 0 spiro atoms. The summed E-state index contributed by atoms with van der Waals surface area (Å²) in [6.45, 7) is 0.649. The molecule has 5 heteroatoms. The van der Waals surface area contributed by atoms with E-state index < -0.39 is 0 Å². The summed E-state index contributed by atoms with van der Waals surface area (Å²) < 4.78 is 5.14. The number of allylic oxidation sites excluding steroid dienone is 1. The summed E-state index contributed by atoms with van der Waals surface area (Å²) in [5.74, 6) is 0.821. The van der Waals surface area contributed by atoms with Crippen molar-refractivity contribution in [3.63, 3.8) is 0 Å². The van der Waals surface area contributed by atoms with Gasteiger partial charge in [-0.05, 0) is 29.8 Å². The first-order valence-corrected chi connectivity index (χ1v) is 6.99. The van der Waals surface area contributed by atoms with Crippen LogP contribution in [0.2, 0.25) is 0 Å². The summed E-state index contributed by atoms with van der Waals surface area (Å²) in [4.78, 5) is 0. The molecule has 114 valence electrons. The SMILES string of the molecule is COc1ccc(CNc2ccccc2NC=C(C#N)C#N)cc1. The van der Waals surface area contributed by atoms with Gasteiger partial charge in [0.2, 0.25) is 0 Å². The molecule has 0 bridgehead atoms. The van der Waals surface area contributed by atoms with E-state index in [4.69, 9.17) is 15.3 Å². The van der Waals surface area contributed by atoms with Crippen LogP contribution in [0.4, 0.5) is 11.4 Å². The van der Waals surface area contributed by atoms with Gasteiger partial charge >= 0.3 is 0 Å². The first-order valence-electron chi connectivity index (χ1n) is 6.99. The summed E-state index contributed by atoms with van der Waals surface area (Å²) in [6.07, 6.45) is 1.40. The van der Waals surface area contributed by atoms with E-state index in [0.717, 1.165) is 22.7 Å². The molecule has 0 saturated carbocycles. The van der Waals surface area contributed by atoms with Crippen LogP contribution in [-0.4, -0.2) is 7.11 Å². The molecule has 5 nitrogen and oxygen atoms in total. The molecule has 2 rings (SSSR count). The van der Waals surface area contributed by atoms with E-state index in [1.54, 1.807) is 7.11 Å². The molecule has 0 heterocycles. The van der Waals surface area contributed by atoms with Crippen molar-refractivity contribution in [3.8, 4) is 17.9 Å². The van der Waals surface area contributed by atoms with E-state index >= 15 is 0 Å². The quantitative estimate of drug-likeness (QED) is 0.796. The highest BCUT2D eigenvalue weighted by atomic mass is 16.5. The molecule has 23 heavy (non-hydrogen) atoms. The predicted molar refractivity (Wildman–Crippen MR) is 89.7 cm³/mol. The maximum atomic E-state index is 8.76. The van der Waals surface area contributed by atoms with Crippen molar-refractivity contribution < 1.29 is 4.74 Å². The minimum Gasteiger partial charge on any atom is -0.497 e. The smallest absolute Gasteiger partial charge is 0.145 e. The van der Waals surface area contributed by atoms with Crippen LogP contribution in [-0.2, 0) is 6.54 Å². The molecule has 0 atom stereocenters. The number of anilines is 2. The normalized spacial score (nSPS) is 9.17. The average Bonchev–Trinajstić information content (AvgIpc) is 2.62. The van der Waals surface area contributed by atoms with Crippen LogP contribution in [0.25, 0.3) is 0 Å². The Labute approximate surface area is 135 Å². The van der Waals surface area contributed by atoms with Gasteiger partial charge in [0.15, 0.2) is 0 Å². The fourth-order valence-electron chi connectivity index (χ4n) is 1.94. The minimum absolute atomic E-state index is 0.0231. The van der Waals surface area contributed by atoms with Crippen molar-refractivity contribution in [2.24, 2.45) is 0 Å². The van der Waals surface area contributed by atoms with Gasteiger partial charge in [0, 0.05) is 12.7 Å². The topological polar surface area (TPSA) is 80.9 Å². The number of nitrogens with one attached hydrogen (secondary N) is 2. The second kappa shape index (κ2) is 8.11. The maximum absolute atomic E-state index is 8.76. The molecule has 0 aliphatic carbocycles. The number of hydrogen-bond donors (Lipinski definition) is 2. The zero-order chi connectivity index (χ0) is 16.5. The van der Waals surface area contributed by atoms with E-state index in [1.165, 1.54) is 6.20 Å². The first kappa shape index (κ1) is 15.9. The zero-order valence-corrected chi connectivity index (χ0v) is 12.7. The van der Waals surface area contributed by atoms with Crippen molar-refractivity contribution in [2.45, 2.75) is 6.54 Å². The van der Waals surface area contributed by atoms with Gasteiger partial charge in [-0.2, -0.15) is 10.5 Å². The predicted octanol–water partition coefficient (Wildman–Crippen LogP) is 3.65. The van der Waals surface area contributed by atoms with Gasteiger partial charge in [0.25, 0.3) is 0 Å². The van der Waals surface area contributed by atoms with Gasteiger partial charge in [-0.25, -0.2) is 0 Å². The van der Waals surface area contributed by atoms with Crippen molar-refractivity contribution in [1.82, 2.24) is 0 Å². The van der Waals surface area contributed by atoms with E-state index in [-0.39, 0.29) is 5.57 Å². The monoisotopic (exact) mass is 304 g/mol. The van der Waals surface area contributed by atoms with Gasteiger partial charge in [0.1, 0.15) is 23.5 Å².